The summed E-state index contributed by atoms with van der Waals surface area (Å²) in [4.78, 5) is 0. The minimum atomic E-state index is -4.05. The number of aryl methyl sites for hydroxylation is 1. The van der Waals surface area contributed by atoms with Gasteiger partial charge in [0.25, 0.3) is 10.1 Å². The fourth-order valence-electron chi connectivity index (χ4n) is 0.963. The summed E-state index contributed by atoms with van der Waals surface area (Å²) in [5.74, 6) is -1.06. The van der Waals surface area contributed by atoms with E-state index in [4.69, 9.17) is 16.2 Å². The molecule has 0 amide bonds. The molecule has 0 spiro atoms. The van der Waals surface area contributed by atoms with Crippen LogP contribution >= 0.6 is 11.6 Å². The molecular weight excluding hydrogens is 254 g/mol. The molecule has 0 radical (unpaired) electrons. The van der Waals surface area contributed by atoms with Crippen LogP contribution in [0.4, 0.5) is 4.39 Å². The molecule has 3 nitrogen and oxygen atoms in total. The van der Waals surface area contributed by atoms with Gasteiger partial charge in [0.1, 0.15) is 5.82 Å². The standard InChI is InChI=1S/C8H8ClFO3S.Na.H/c9-7-2-1-6(8(10)5-7)3-4-14(11,12)13;;/h1-2,5H,3-4H2,(H,11,12,13);;. The van der Waals surface area contributed by atoms with E-state index >= 15 is 0 Å². The van der Waals surface area contributed by atoms with E-state index in [1.165, 1.54) is 12.1 Å². The second-order valence-electron chi connectivity index (χ2n) is 2.77. The van der Waals surface area contributed by atoms with Gasteiger partial charge in [0.15, 0.2) is 0 Å². The van der Waals surface area contributed by atoms with Gasteiger partial charge in [0, 0.05) is 5.02 Å². The van der Waals surface area contributed by atoms with Crippen molar-refractivity contribution in [2.45, 2.75) is 6.42 Å². The third-order valence-corrected chi connectivity index (χ3v) is 2.60. The second-order valence-corrected chi connectivity index (χ2v) is 4.78. The molecule has 1 aromatic rings. The number of hydrogen-bond donors (Lipinski definition) is 1. The molecule has 0 aliphatic rings. The van der Waals surface area contributed by atoms with E-state index in [-0.39, 0.29) is 46.6 Å². The Morgan fingerprint density at radius 3 is 2.47 bits per heavy atom. The van der Waals surface area contributed by atoms with Crippen LogP contribution in [0.5, 0.6) is 0 Å². The molecule has 0 atom stereocenters. The van der Waals surface area contributed by atoms with Gasteiger partial charge in [0.05, 0.1) is 5.75 Å². The van der Waals surface area contributed by atoms with E-state index in [1.54, 1.807) is 0 Å². The monoisotopic (exact) mass is 262 g/mol. The zero-order chi connectivity index (χ0) is 10.8. The van der Waals surface area contributed by atoms with Crippen LogP contribution in [0.2, 0.25) is 5.02 Å². The molecule has 7 heteroatoms. The van der Waals surface area contributed by atoms with Crippen LogP contribution in [-0.4, -0.2) is 48.3 Å². The first-order chi connectivity index (χ1) is 6.38. The van der Waals surface area contributed by atoms with E-state index in [2.05, 4.69) is 0 Å². The molecule has 1 rings (SSSR count). The second kappa shape index (κ2) is 6.18. The van der Waals surface area contributed by atoms with Gasteiger partial charge < -0.3 is 0 Å². The van der Waals surface area contributed by atoms with Crippen molar-refractivity contribution in [2.75, 3.05) is 5.75 Å². The Hall–Kier alpha value is 0.350. The molecule has 0 aliphatic heterocycles. The van der Waals surface area contributed by atoms with Crippen LogP contribution in [0.1, 0.15) is 5.56 Å². The summed E-state index contributed by atoms with van der Waals surface area (Å²) in [6, 6.07) is 3.95. The Kier molecular flexibility index (Phi) is 6.32. The van der Waals surface area contributed by atoms with Crippen LogP contribution in [-0.2, 0) is 16.5 Å². The molecular formula is C8H9ClFNaO3S. The average molecular weight is 263 g/mol. The maximum absolute atomic E-state index is 13.1. The Morgan fingerprint density at radius 2 is 2.00 bits per heavy atom. The van der Waals surface area contributed by atoms with Crippen LogP contribution in [0.25, 0.3) is 0 Å². The molecule has 0 aliphatic carbocycles. The van der Waals surface area contributed by atoms with Gasteiger partial charge in [-0.15, -0.1) is 0 Å². The van der Waals surface area contributed by atoms with E-state index in [1.807, 2.05) is 0 Å². The number of benzene rings is 1. The van der Waals surface area contributed by atoms with Crippen molar-refractivity contribution in [1.29, 1.82) is 0 Å². The van der Waals surface area contributed by atoms with Crippen molar-refractivity contribution in [2.24, 2.45) is 0 Å². The summed E-state index contributed by atoms with van der Waals surface area (Å²) in [6.07, 6.45) is -0.0676. The zero-order valence-corrected chi connectivity index (χ0v) is 8.65. The number of rotatable bonds is 3. The van der Waals surface area contributed by atoms with Crippen molar-refractivity contribution < 1.29 is 17.4 Å². The van der Waals surface area contributed by atoms with Gasteiger partial charge >= 0.3 is 29.6 Å². The first-order valence-electron chi connectivity index (χ1n) is 3.77. The summed E-state index contributed by atoms with van der Waals surface area (Å²) in [5, 5.41) is 0.248. The van der Waals surface area contributed by atoms with Crippen molar-refractivity contribution in [1.82, 2.24) is 0 Å². The van der Waals surface area contributed by atoms with E-state index in [0.717, 1.165) is 6.07 Å². The summed E-state index contributed by atoms with van der Waals surface area (Å²) < 4.78 is 42.3. The molecule has 80 valence electrons. The van der Waals surface area contributed by atoms with Gasteiger partial charge in [-0.25, -0.2) is 4.39 Å². The minimum absolute atomic E-state index is 0. The molecule has 1 aromatic carbocycles. The van der Waals surface area contributed by atoms with Crippen molar-refractivity contribution in [3.05, 3.63) is 34.6 Å². The predicted octanol–water partition coefficient (Wildman–Crippen LogP) is 1.26. The molecule has 15 heavy (non-hydrogen) atoms. The maximum atomic E-state index is 13.1. The topological polar surface area (TPSA) is 54.4 Å². The summed E-state index contributed by atoms with van der Waals surface area (Å²) in [7, 11) is -4.05. The fraction of sp³-hybridized carbons (Fsp3) is 0.250. The first kappa shape index (κ1) is 15.3. The van der Waals surface area contributed by atoms with E-state index < -0.39 is 21.7 Å². The van der Waals surface area contributed by atoms with Crippen molar-refractivity contribution in [3.63, 3.8) is 0 Å². The molecule has 0 heterocycles. The number of hydrogen-bond acceptors (Lipinski definition) is 2. The van der Waals surface area contributed by atoms with Gasteiger partial charge in [-0.2, -0.15) is 8.42 Å². The van der Waals surface area contributed by atoms with E-state index in [9.17, 15) is 12.8 Å². The van der Waals surface area contributed by atoms with Gasteiger partial charge in [-0.05, 0) is 24.1 Å². The molecule has 0 bridgehead atoms. The zero-order valence-electron chi connectivity index (χ0n) is 7.07. The van der Waals surface area contributed by atoms with Crippen molar-refractivity contribution in [3.8, 4) is 0 Å². The summed E-state index contributed by atoms with van der Waals surface area (Å²) in [6.45, 7) is 0. The van der Waals surface area contributed by atoms with Crippen molar-refractivity contribution >= 4 is 51.3 Å². The SMILES string of the molecule is O=S(=O)(O)CCc1ccc(Cl)cc1F.[NaH]. The predicted molar refractivity (Wildman–Crippen MR) is 58.7 cm³/mol. The molecule has 0 unspecified atom stereocenters. The quantitative estimate of drug-likeness (QED) is 0.659. The van der Waals surface area contributed by atoms with Gasteiger partial charge in [0.2, 0.25) is 0 Å². The molecule has 1 N–H and O–H groups in total. The number of halogens is 2. The van der Waals surface area contributed by atoms with Gasteiger partial charge in [-0.1, -0.05) is 17.7 Å². The van der Waals surface area contributed by atoms with Crippen LogP contribution < -0.4 is 0 Å². The fourth-order valence-corrected chi connectivity index (χ4v) is 1.60. The third-order valence-electron chi connectivity index (χ3n) is 1.64. The summed E-state index contributed by atoms with van der Waals surface area (Å²) >= 11 is 5.50. The molecule has 0 saturated heterocycles. The molecule has 0 saturated carbocycles. The average Bonchev–Trinajstić information content (AvgIpc) is 2.00. The Balaban J connectivity index is 0.00000196. The van der Waals surface area contributed by atoms with Crippen LogP contribution in [0.3, 0.4) is 0 Å². The van der Waals surface area contributed by atoms with E-state index in [0.29, 0.717) is 0 Å². The Morgan fingerprint density at radius 1 is 1.40 bits per heavy atom. The molecule has 0 aromatic heterocycles. The Bertz CT molecular complexity index is 436. The van der Waals surface area contributed by atoms with Gasteiger partial charge in [-0.3, -0.25) is 4.55 Å². The summed E-state index contributed by atoms with van der Waals surface area (Å²) in [5.41, 5.74) is 0.215. The Labute approximate surface area is 115 Å². The normalized spacial score (nSPS) is 10.9. The van der Waals surface area contributed by atoms with Crippen LogP contribution in [0.15, 0.2) is 18.2 Å². The third kappa shape index (κ3) is 5.85. The molecule has 0 fully saturated rings. The van der Waals surface area contributed by atoms with Crippen LogP contribution in [0, 0.1) is 5.82 Å². The first-order valence-corrected chi connectivity index (χ1v) is 5.76.